The number of carbonyl (C=O) groups excluding carboxylic acids is 2. The van der Waals surface area contributed by atoms with Gasteiger partial charge in [-0.05, 0) is 30.9 Å². The predicted octanol–water partition coefficient (Wildman–Crippen LogP) is 3.04. The molecule has 4 heteroatoms. The summed E-state index contributed by atoms with van der Waals surface area (Å²) in [7, 11) is 0. The van der Waals surface area contributed by atoms with Gasteiger partial charge in [-0.15, -0.1) is 0 Å². The van der Waals surface area contributed by atoms with Crippen LogP contribution in [0.25, 0.3) is 0 Å². The van der Waals surface area contributed by atoms with Gasteiger partial charge in [-0.3, -0.25) is 4.90 Å². The molecule has 1 saturated heterocycles. The van der Waals surface area contributed by atoms with E-state index in [-0.39, 0.29) is 18.1 Å². The van der Waals surface area contributed by atoms with Crippen molar-refractivity contribution in [1.82, 2.24) is 4.90 Å². The summed E-state index contributed by atoms with van der Waals surface area (Å²) in [6, 6.07) is 8.84. The number of ether oxygens (including phenoxy) is 1. The summed E-state index contributed by atoms with van der Waals surface area (Å²) in [5, 5.41) is 0. The lowest BCUT2D eigenvalue weighted by molar-refractivity contribution is -0.122. The maximum absolute atomic E-state index is 12.4. The Morgan fingerprint density at radius 3 is 2.76 bits per heavy atom. The van der Waals surface area contributed by atoms with Crippen molar-refractivity contribution in [2.45, 2.75) is 25.8 Å². The molecule has 4 nitrogen and oxygen atoms in total. The SMILES string of the molecule is CC[C@]1(C=O)C[C@H]2C=C[C@@H]1N(C(=O)Oc1ccccc1)C2. The Morgan fingerprint density at radius 1 is 1.38 bits per heavy atom. The number of hydrogen-bond acceptors (Lipinski definition) is 3. The van der Waals surface area contributed by atoms with Gasteiger partial charge in [0.05, 0.1) is 11.5 Å². The highest BCUT2D eigenvalue weighted by molar-refractivity contribution is 5.74. The van der Waals surface area contributed by atoms with E-state index < -0.39 is 5.41 Å². The second-order valence-electron chi connectivity index (χ2n) is 5.83. The lowest BCUT2D eigenvalue weighted by Gasteiger charge is -2.50. The molecule has 110 valence electrons. The molecular formula is C17H19NO3. The van der Waals surface area contributed by atoms with Crippen LogP contribution in [0.3, 0.4) is 0 Å². The number of fused-ring (bicyclic) bond motifs is 2. The second-order valence-corrected chi connectivity index (χ2v) is 5.83. The van der Waals surface area contributed by atoms with Crippen LogP contribution in [-0.4, -0.2) is 29.9 Å². The summed E-state index contributed by atoms with van der Waals surface area (Å²) in [6.07, 6.45) is 6.31. The van der Waals surface area contributed by atoms with Crippen LogP contribution in [-0.2, 0) is 4.79 Å². The van der Waals surface area contributed by atoms with Gasteiger partial charge in [0, 0.05) is 6.54 Å². The van der Waals surface area contributed by atoms with Crippen molar-refractivity contribution >= 4 is 12.4 Å². The summed E-state index contributed by atoms with van der Waals surface area (Å²) in [5.74, 6) is 0.768. The van der Waals surface area contributed by atoms with E-state index in [4.69, 9.17) is 4.74 Å². The van der Waals surface area contributed by atoms with E-state index in [1.807, 2.05) is 31.2 Å². The third-order valence-electron chi connectivity index (χ3n) is 4.64. The first-order chi connectivity index (χ1) is 10.2. The first-order valence-electron chi connectivity index (χ1n) is 7.36. The molecule has 3 atom stereocenters. The Balaban J connectivity index is 1.81. The van der Waals surface area contributed by atoms with Crippen LogP contribution in [0.2, 0.25) is 0 Å². The molecule has 1 aromatic rings. The largest absolute Gasteiger partial charge is 0.415 e. The number of rotatable bonds is 3. The first kappa shape index (κ1) is 13.9. The zero-order valence-electron chi connectivity index (χ0n) is 12.1. The predicted molar refractivity (Wildman–Crippen MR) is 79.0 cm³/mol. The molecule has 0 radical (unpaired) electrons. The number of para-hydroxylation sites is 1. The minimum absolute atomic E-state index is 0.193. The lowest BCUT2D eigenvalue weighted by atomic mass is 9.65. The van der Waals surface area contributed by atoms with E-state index in [2.05, 4.69) is 6.08 Å². The Kier molecular flexibility index (Phi) is 3.53. The Morgan fingerprint density at radius 2 is 2.14 bits per heavy atom. The molecule has 0 aromatic heterocycles. The van der Waals surface area contributed by atoms with Crippen molar-refractivity contribution in [3.63, 3.8) is 0 Å². The molecule has 4 rings (SSSR count). The van der Waals surface area contributed by atoms with Gasteiger partial charge in [0.15, 0.2) is 0 Å². The van der Waals surface area contributed by atoms with Crippen LogP contribution >= 0.6 is 0 Å². The highest BCUT2D eigenvalue weighted by Gasteiger charge is 2.49. The van der Waals surface area contributed by atoms with Gasteiger partial charge in [0.25, 0.3) is 0 Å². The number of hydrogen-bond donors (Lipinski definition) is 0. The van der Waals surface area contributed by atoms with Crippen LogP contribution in [0.4, 0.5) is 4.79 Å². The van der Waals surface area contributed by atoms with Crippen molar-refractivity contribution in [2.24, 2.45) is 11.3 Å². The summed E-state index contributed by atoms with van der Waals surface area (Å²) < 4.78 is 5.43. The van der Waals surface area contributed by atoms with Crippen molar-refractivity contribution in [3.8, 4) is 5.75 Å². The molecule has 0 unspecified atom stereocenters. The molecule has 1 fully saturated rings. The second kappa shape index (κ2) is 5.35. The molecule has 0 spiro atoms. The molecular weight excluding hydrogens is 266 g/mol. The Bertz CT molecular complexity index is 569. The van der Waals surface area contributed by atoms with Gasteiger partial charge in [-0.1, -0.05) is 37.3 Å². The van der Waals surface area contributed by atoms with Crippen LogP contribution in [0, 0.1) is 11.3 Å². The fraction of sp³-hybridized carbons (Fsp3) is 0.412. The molecule has 1 amide bonds. The molecule has 21 heavy (non-hydrogen) atoms. The number of nitrogens with zero attached hydrogens (tertiary/aromatic N) is 1. The molecule has 0 N–H and O–H groups in total. The zero-order valence-corrected chi connectivity index (χ0v) is 12.1. The third-order valence-corrected chi connectivity index (χ3v) is 4.64. The average molecular weight is 285 g/mol. The van der Waals surface area contributed by atoms with E-state index >= 15 is 0 Å². The van der Waals surface area contributed by atoms with Crippen molar-refractivity contribution in [2.75, 3.05) is 6.54 Å². The quantitative estimate of drug-likeness (QED) is 0.633. The fourth-order valence-electron chi connectivity index (χ4n) is 3.43. The third kappa shape index (κ3) is 2.35. The Labute approximate surface area is 124 Å². The van der Waals surface area contributed by atoms with Crippen molar-refractivity contribution < 1.29 is 14.3 Å². The van der Waals surface area contributed by atoms with Crippen LogP contribution in [0.15, 0.2) is 42.5 Å². The van der Waals surface area contributed by atoms with E-state index in [0.717, 1.165) is 19.1 Å². The van der Waals surface area contributed by atoms with E-state index in [0.29, 0.717) is 12.3 Å². The van der Waals surface area contributed by atoms with Gasteiger partial charge in [0.1, 0.15) is 12.0 Å². The van der Waals surface area contributed by atoms with Gasteiger partial charge in [-0.25, -0.2) is 4.79 Å². The first-order valence-corrected chi connectivity index (χ1v) is 7.36. The molecule has 2 bridgehead atoms. The number of amides is 1. The highest BCUT2D eigenvalue weighted by atomic mass is 16.6. The fourth-order valence-corrected chi connectivity index (χ4v) is 3.43. The van der Waals surface area contributed by atoms with Gasteiger partial charge in [-0.2, -0.15) is 0 Å². The number of aldehydes is 1. The summed E-state index contributed by atoms with van der Waals surface area (Å²) in [4.78, 5) is 25.7. The topological polar surface area (TPSA) is 46.6 Å². The number of benzene rings is 1. The standard InChI is InChI=1S/C17H19NO3/c1-2-17(12-19)10-13-8-9-15(17)18(11-13)16(20)21-14-6-4-3-5-7-14/h3-9,12-13,15H,2,10-11H2,1H3/t13-,15+,17-/m1/s1. The van der Waals surface area contributed by atoms with Gasteiger partial charge < -0.3 is 9.53 Å². The van der Waals surface area contributed by atoms with E-state index in [1.54, 1.807) is 17.0 Å². The average Bonchev–Trinajstić information content (AvgIpc) is 2.55. The summed E-state index contributed by atoms with van der Waals surface area (Å²) in [5.41, 5.74) is -0.465. The Hall–Kier alpha value is -2.10. The monoisotopic (exact) mass is 285 g/mol. The van der Waals surface area contributed by atoms with E-state index in [9.17, 15) is 9.59 Å². The van der Waals surface area contributed by atoms with Crippen LogP contribution in [0.1, 0.15) is 19.8 Å². The van der Waals surface area contributed by atoms with Gasteiger partial charge >= 0.3 is 6.09 Å². The maximum Gasteiger partial charge on any atom is 0.415 e. The molecule has 0 saturated carbocycles. The number of piperidine rings is 1. The smallest absolute Gasteiger partial charge is 0.410 e. The molecule has 2 aliphatic heterocycles. The summed E-state index contributed by atoms with van der Waals surface area (Å²) in [6.45, 7) is 2.63. The highest BCUT2D eigenvalue weighted by Crippen LogP contribution is 2.44. The minimum Gasteiger partial charge on any atom is -0.410 e. The van der Waals surface area contributed by atoms with E-state index in [1.165, 1.54) is 0 Å². The van der Waals surface area contributed by atoms with Crippen molar-refractivity contribution in [3.05, 3.63) is 42.5 Å². The van der Waals surface area contributed by atoms with Gasteiger partial charge in [0.2, 0.25) is 0 Å². The molecule has 3 aliphatic rings. The minimum atomic E-state index is -0.465. The number of carbonyl (C=O) groups is 2. The molecule has 1 aliphatic carbocycles. The van der Waals surface area contributed by atoms with Crippen molar-refractivity contribution in [1.29, 1.82) is 0 Å². The molecule has 1 aromatic carbocycles. The maximum atomic E-state index is 12.4. The summed E-state index contributed by atoms with van der Waals surface area (Å²) >= 11 is 0. The zero-order chi connectivity index (χ0) is 14.9. The normalized spacial score (nSPS) is 30.2. The lowest BCUT2D eigenvalue weighted by Crippen LogP contribution is -2.59. The van der Waals surface area contributed by atoms with Crippen LogP contribution in [0.5, 0.6) is 5.75 Å². The molecule has 2 heterocycles. The van der Waals surface area contributed by atoms with Crippen LogP contribution < -0.4 is 4.74 Å².